The minimum atomic E-state index is -0.585. The van der Waals surface area contributed by atoms with Crippen LogP contribution in [-0.4, -0.2) is 22.0 Å². The molecule has 30 heavy (non-hydrogen) atoms. The predicted molar refractivity (Wildman–Crippen MR) is 118 cm³/mol. The molecule has 1 heterocycles. The predicted octanol–water partition coefficient (Wildman–Crippen LogP) is 5.70. The number of benzene rings is 2. The van der Waals surface area contributed by atoms with E-state index in [0.717, 1.165) is 11.2 Å². The van der Waals surface area contributed by atoms with E-state index >= 15 is 0 Å². The van der Waals surface area contributed by atoms with Gasteiger partial charge in [0, 0.05) is 11.9 Å². The van der Waals surface area contributed by atoms with Crippen molar-refractivity contribution < 1.29 is 19.1 Å². The molecule has 0 spiro atoms. The number of nitrogens with zero attached hydrogens (tertiary/aromatic N) is 1. The van der Waals surface area contributed by atoms with Crippen molar-refractivity contribution in [3.63, 3.8) is 0 Å². The Bertz CT molecular complexity index is 1100. The van der Waals surface area contributed by atoms with Gasteiger partial charge in [0.05, 0.1) is 22.3 Å². The number of hydrogen-bond acceptors (Lipinski definition) is 4. The Labute approximate surface area is 180 Å². The molecule has 0 saturated carbocycles. The number of amides is 1. The summed E-state index contributed by atoms with van der Waals surface area (Å²) in [5.74, 6) is 0.597. The number of carbonyl (C=O) groups is 2. The van der Waals surface area contributed by atoms with Crippen molar-refractivity contribution in [3.8, 4) is 11.5 Å². The van der Waals surface area contributed by atoms with E-state index in [1.807, 2.05) is 44.4 Å². The zero-order valence-electron chi connectivity index (χ0n) is 17.7. The minimum Gasteiger partial charge on any atom is -0.459 e. The summed E-state index contributed by atoms with van der Waals surface area (Å²) in [5.41, 5.74) is 1.52. The van der Waals surface area contributed by atoms with Crippen LogP contribution in [0.3, 0.4) is 0 Å². The molecule has 0 aliphatic rings. The van der Waals surface area contributed by atoms with Crippen LogP contribution in [-0.2, 0) is 20.9 Å². The average Bonchev–Trinajstić information content (AvgIpc) is 2.88. The zero-order chi connectivity index (χ0) is 22.1. The van der Waals surface area contributed by atoms with E-state index in [0.29, 0.717) is 27.6 Å². The van der Waals surface area contributed by atoms with Gasteiger partial charge in [-0.05, 0) is 64.1 Å². The van der Waals surface area contributed by atoms with Crippen molar-refractivity contribution in [1.82, 2.24) is 4.57 Å². The van der Waals surface area contributed by atoms with E-state index in [1.54, 1.807) is 30.3 Å². The molecule has 0 aliphatic heterocycles. The van der Waals surface area contributed by atoms with Crippen molar-refractivity contribution in [1.29, 1.82) is 0 Å². The summed E-state index contributed by atoms with van der Waals surface area (Å²) < 4.78 is 13.5. The topological polar surface area (TPSA) is 69.6 Å². The molecule has 3 rings (SSSR count). The summed E-state index contributed by atoms with van der Waals surface area (Å²) in [6.45, 7) is 8.82. The maximum atomic E-state index is 12.5. The fourth-order valence-corrected chi connectivity index (χ4v) is 3.36. The molecule has 158 valence electrons. The third-order valence-corrected chi connectivity index (χ3v) is 4.60. The summed E-state index contributed by atoms with van der Waals surface area (Å²) in [4.78, 5) is 24.3. The summed E-state index contributed by atoms with van der Waals surface area (Å²) >= 11 is 5.98. The van der Waals surface area contributed by atoms with Crippen LogP contribution < -0.4 is 10.1 Å². The smallest absolute Gasteiger partial charge is 0.326 e. The first-order valence-electron chi connectivity index (χ1n) is 9.60. The number of halogens is 1. The first-order valence-corrected chi connectivity index (χ1v) is 9.97. The molecule has 0 bridgehead atoms. The number of anilines is 1. The van der Waals surface area contributed by atoms with E-state index in [-0.39, 0.29) is 18.4 Å². The Hall–Kier alpha value is -2.99. The highest BCUT2D eigenvalue weighted by molar-refractivity contribution is 6.30. The van der Waals surface area contributed by atoms with Crippen LogP contribution in [0.25, 0.3) is 10.9 Å². The normalized spacial score (nSPS) is 11.4. The maximum Gasteiger partial charge on any atom is 0.326 e. The fraction of sp³-hybridized carbons (Fsp3) is 0.304. The lowest BCUT2D eigenvalue weighted by atomic mass is 10.2. The van der Waals surface area contributed by atoms with Crippen LogP contribution in [0.4, 0.5) is 5.69 Å². The number of nitrogens with one attached hydrogen (secondary N) is 1. The van der Waals surface area contributed by atoms with Crippen LogP contribution in [0.15, 0.2) is 42.5 Å². The van der Waals surface area contributed by atoms with E-state index in [2.05, 4.69) is 5.32 Å². The minimum absolute atomic E-state index is 0.0209. The van der Waals surface area contributed by atoms with E-state index in [1.165, 1.54) is 6.92 Å². The summed E-state index contributed by atoms with van der Waals surface area (Å²) in [6.07, 6.45) is 0. The van der Waals surface area contributed by atoms with Crippen molar-refractivity contribution in [2.45, 2.75) is 46.8 Å². The summed E-state index contributed by atoms with van der Waals surface area (Å²) in [5, 5.41) is 4.16. The van der Waals surface area contributed by atoms with Crippen LogP contribution in [0.5, 0.6) is 11.5 Å². The second kappa shape index (κ2) is 8.40. The number of hydrogen-bond donors (Lipinski definition) is 1. The Morgan fingerprint density at radius 3 is 2.37 bits per heavy atom. The van der Waals surface area contributed by atoms with Crippen molar-refractivity contribution in [2.24, 2.45) is 0 Å². The van der Waals surface area contributed by atoms with Crippen molar-refractivity contribution in [2.75, 3.05) is 5.32 Å². The largest absolute Gasteiger partial charge is 0.459 e. The van der Waals surface area contributed by atoms with E-state index < -0.39 is 5.60 Å². The molecule has 0 fully saturated rings. The Morgan fingerprint density at radius 2 is 1.77 bits per heavy atom. The van der Waals surface area contributed by atoms with E-state index in [9.17, 15) is 9.59 Å². The second-order valence-electron chi connectivity index (χ2n) is 8.02. The Kier molecular flexibility index (Phi) is 6.08. The van der Waals surface area contributed by atoms with Crippen LogP contribution in [0.1, 0.15) is 33.4 Å². The van der Waals surface area contributed by atoms with Gasteiger partial charge < -0.3 is 19.4 Å². The van der Waals surface area contributed by atoms with Gasteiger partial charge in [-0.25, -0.2) is 0 Å². The molecule has 6 nitrogen and oxygen atoms in total. The molecule has 2 aromatic carbocycles. The number of rotatable bonds is 5. The summed E-state index contributed by atoms with van der Waals surface area (Å²) in [6, 6.07) is 12.5. The molecule has 7 heteroatoms. The lowest BCUT2D eigenvalue weighted by Crippen LogP contribution is -2.26. The Balaban J connectivity index is 2.12. The number of aromatic nitrogens is 1. The van der Waals surface area contributed by atoms with E-state index in [4.69, 9.17) is 21.1 Å². The van der Waals surface area contributed by atoms with Gasteiger partial charge in [0.2, 0.25) is 5.91 Å². The second-order valence-corrected chi connectivity index (χ2v) is 8.46. The van der Waals surface area contributed by atoms with Gasteiger partial charge in [0.1, 0.15) is 17.9 Å². The van der Waals surface area contributed by atoms with Gasteiger partial charge in [-0.1, -0.05) is 17.7 Å². The maximum absolute atomic E-state index is 12.5. The highest BCUT2D eigenvalue weighted by Gasteiger charge is 2.23. The third-order valence-electron chi connectivity index (χ3n) is 4.35. The molecule has 0 unspecified atom stereocenters. The molecule has 0 saturated heterocycles. The van der Waals surface area contributed by atoms with Crippen LogP contribution in [0.2, 0.25) is 5.02 Å². The average molecular weight is 429 g/mol. The van der Waals surface area contributed by atoms with Gasteiger partial charge in [-0.15, -0.1) is 0 Å². The molecule has 1 aromatic heterocycles. The van der Waals surface area contributed by atoms with Gasteiger partial charge in [0.15, 0.2) is 5.75 Å². The number of ether oxygens (including phenoxy) is 2. The van der Waals surface area contributed by atoms with Crippen LogP contribution in [0, 0.1) is 6.92 Å². The number of fused-ring (bicyclic) bond motifs is 1. The van der Waals surface area contributed by atoms with Gasteiger partial charge in [0.25, 0.3) is 0 Å². The third kappa shape index (κ3) is 4.94. The molecule has 0 radical (unpaired) electrons. The van der Waals surface area contributed by atoms with Crippen molar-refractivity contribution >= 4 is 40.1 Å². The molecule has 0 aliphatic carbocycles. The Morgan fingerprint density at radius 1 is 1.10 bits per heavy atom. The summed E-state index contributed by atoms with van der Waals surface area (Å²) in [7, 11) is 0. The quantitative estimate of drug-likeness (QED) is 0.529. The highest BCUT2D eigenvalue weighted by atomic mass is 35.5. The van der Waals surface area contributed by atoms with Gasteiger partial charge in [-0.2, -0.15) is 0 Å². The number of carbonyl (C=O) groups excluding carboxylic acids is 2. The molecule has 0 atom stereocenters. The SMILES string of the molecule is CC(=O)Nc1cccc2c1c(Oc1ccc(Cl)cc1)c(C)n2CC(=O)OC(C)(C)C. The first-order chi connectivity index (χ1) is 14.0. The highest BCUT2D eigenvalue weighted by Crippen LogP contribution is 2.40. The zero-order valence-corrected chi connectivity index (χ0v) is 18.5. The van der Waals surface area contributed by atoms with Crippen LogP contribution >= 0.6 is 11.6 Å². The molecular weight excluding hydrogens is 404 g/mol. The fourth-order valence-electron chi connectivity index (χ4n) is 3.23. The first kappa shape index (κ1) is 21.7. The van der Waals surface area contributed by atoms with Gasteiger partial charge in [-0.3, -0.25) is 9.59 Å². The molecule has 1 amide bonds. The molecular formula is C23H25ClN2O4. The van der Waals surface area contributed by atoms with Gasteiger partial charge >= 0.3 is 5.97 Å². The molecule has 3 aromatic rings. The monoisotopic (exact) mass is 428 g/mol. The van der Waals surface area contributed by atoms with Crippen molar-refractivity contribution in [3.05, 3.63) is 53.2 Å². The lowest BCUT2D eigenvalue weighted by molar-refractivity contribution is -0.155. The number of esters is 1. The standard InChI is InChI=1S/C23H25ClN2O4/c1-14-22(29-17-11-9-16(24)10-12-17)21-18(25-15(2)27)7-6-8-19(21)26(14)13-20(28)30-23(3,4)5/h6-12H,13H2,1-5H3,(H,25,27). The lowest BCUT2D eigenvalue weighted by Gasteiger charge is -2.20. The molecule has 1 N–H and O–H groups in total.